The molecule has 2 saturated carbocycles. The van der Waals surface area contributed by atoms with Gasteiger partial charge in [0.1, 0.15) is 36.2 Å². The van der Waals surface area contributed by atoms with Crippen LogP contribution in [0, 0.1) is 10.8 Å². The van der Waals surface area contributed by atoms with Gasteiger partial charge in [-0.25, -0.2) is 0 Å². The average molecular weight is 1040 g/mol. The summed E-state index contributed by atoms with van der Waals surface area (Å²) in [5.41, 5.74) is 4.89. The van der Waals surface area contributed by atoms with Crippen molar-refractivity contribution in [2.45, 2.75) is 31.8 Å². The number of nitrogens with one attached hydrogen (secondary N) is 2. The molecule has 1 unspecified atom stereocenters. The quantitative estimate of drug-likeness (QED) is 0.0832. The Morgan fingerprint density at radius 2 is 1.12 bits per heavy atom. The third-order valence-corrected chi connectivity index (χ3v) is 15.8. The number of carbonyl (C=O) groups is 2. The van der Waals surface area contributed by atoms with Crippen molar-refractivity contribution in [3.05, 3.63) is 145 Å². The first-order valence-electron chi connectivity index (χ1n) is 26.2. The van der Waals surface area contributed by atoms with Crippen LogP contribution in [0.25, 0.3) is 43.4 Å². The Balaban J connectivity index is 0.000000164. The Hall–Kier alpha value is -7.98. The summed E-state index contributed by atoms with van der Waals surface area (Å²) in [6, 6.07) is 34.0. The zero-order valence-corrected chi connectivity index (χ0v) is 44.3. The number of fused-ring (bicyclic) bond motifs is 4. The molecule has 396 valence electrons. The molecule has 12 rings (SSSR count). The van der Waals surface area contributed by atoms with Gasteiger partial charge in [-0.1, -0.05) is 36.4 Å². The molecule has 1 atom stereocenters. The lowest BCUT2D eigenvalue weighted by Gasteiger charge is -2.17. The maximum absolute atomic E-state index is 12.2. The van der Waals surface area contributed by atoms with E-state index in [0.29, 0.717) is 87.3 Å². The van der Waals surface area contributed by atoms with Crippen molar-refractivity contribution in [2.75, 3.05) is 87.9 Å². The summed E-state index contributed by atoms with van der Waals surface area (Å²) in [5, 5.41) is 10.6. The third-order valence-electron chi connectivity index (χ3n) is 15.8. The summed E-state index contributed by atoms with van der Waals surface area (Å²) in [7, 11) is 8.36. The van der Waals surface area contributed by atoms with Gasteiger partial charge < -0.3 is 43.8 Å². The number of benzene rings is 6. The molecule has 77 heavy (non-hydrogen) atoms. The van der Waals surface area contributed by atoms with E-state index in [1.165, 1.54) is 31.3 Å². The number of pyridine rings is 2. The molecule has 2 amide bonds. The molecule has 0 radical (unpaired) electrons. The van der Waals surface area contributed by atoms with Gasteiger partial charge in [0.15, 0.2) is 23.0 Å². The van der Waals surface area contributed by atoms with Crippen molar-refractivity contribution in [1.82, 2.24) is 30.4 Å². The second kappa shape index (κ2) is 21.6. The zero-order chi connectivity index (χ0) is 53.3. The van der Waals surface area contributed by atoms with E-state index in [1.807, 2.05) is 116 Å². The van der Waals surface area contributed by atoms with Crippen LogP contribution in [0.5, 0.6) is 46.0 Å². The molecule has 4 heterocycles. The predicted molar refractivity (Wildman–Crippen MR) is 299 cm³/mol. The van der Waals surface area contributed by atoms with Gasteiger partial charge in [-0.15, -0.1) is 0 Å². The van der Waals surface area contributed by atoms with Crippen LogP contribution < -0.4 is 39.1 Å². The Morgan fingerprint density at radius 3 is 1.56 bits per heavy atom. The molecule has 2 aliphatic carbocycles. The SMILES string of the molecule is C=C1CN(CCOc2cc3nccc(Oc4ccc5c(C(=O)NC)cccc5c4)c3cc2OC)CC12CC2.CNC(=O)c1cccc2cc(Oc3ccnc4cc(OCCN5CC(OC)C6(CC6)C5)c(OC)cc34)ccc12. The summed E-state index contributed by atoms with van der Waals surface area (Å²) in [5.74, 6) is 4.99. The second-order valence-electron chi connectivity index (χ2n) is 20.5. The minimum Gasteiger partial charge on any atom is -0.493 e. The number of amides is 2. The normalized spacial score (nSPS) is 17.1. The van der Waals surface area contributed by atoms with Crippen LogP contribution >= 0.6 is 0 Å². The molecular formula is C62H64N6O9. The maximum atomic E-state index is 12.2. The molecule has 2 N–H and O–H groups in total. The molecule has 8 aromatic rings. The monoisotopic (exact) mass is 1040 g/mol. The Morgan fingerprint density at radius 1 is 0.597 bits per heavy atom. The fourth-order valence-electron chi connectivity index (χ4n) is 11.1. The van der Waals surface area contributed by atoms with Gasteiger partial charge in [0, 0.05) is 118 Å². The van der Waals surface area contributed by atoms with Gasteiger partial charge in [-0.2, -0.15) is 0 Å². The standard InChI is InChI=1S/C31H33N3O5.C31H31N3O4/c1-32-30(35)23-6-4-5-20-15-21(7-8-22(20)23)39-26-9-12-33-25-17-28(27(36-2)16-24(25)26)38-14-13-34-18-29(37-3)31(19-34)10-11-31;1-20-18-34(19-31(20)10-11-31)13-14-37-29-17-26-25(16-28(29)36-3)27(9-12-33-26)38-22-7-8-23-21(15-22)5-4-6-24(23)30(35)32-2/h4-9,12,15-17,29H,10-11,13-14,18-19H2,1-3H3,(H,32,35);4-9,12,15-17H,1,10-11,13-14,18-19H2,2-3H3,(H,32,35). The fourth-order valence-corrected chi connectivity index (χ4v) is 11.1. The number of rotatable bonds is 17. The molecule has 2 aromatic heterocycles. The summed E-state index contributed by atoms with van der Waals surface area (Å²) in [4.78, 5) is 38.4. The second-order valence-corrected chi connectivity index (χ2v) is 20.5. The molecule has 2 spiro atoms. The highest BCUT2D eigenvalue weighted by Crippen LogP contribution is 2.55. The zero-order valence-electron chi connectivity index (χ0n) is 44.3. The average Bonchev–Trinajstić information content (AvgIpc) is 4.41. The van der Waals surface area contributed by atoms with Crippen LogP contribution in [0.2, 0.25) is 0 Å². The van der Waals surface area contributed by atoms with Crippen LogP contribution in [0.4, 0.5) is 0 Å². The highest BCUT2D eigenvalue weighted by atomic mass is 16.5. The highest BCUT2D eigenvalue weighted by Gasteiger charge is 2.55. The van der Waals surface area contributed by atoms with Gasteiger partial charge in [0.2, 0.25) is 0 Å². The number of aromatic nitrogens is 2. The minimum atomic E-state index is -0.119. The van der Waals surface area contributed by atoms with Crippen molar-refractivity contribution in [2.24, 2.45) is 10.8 Å². The maximum Gasteiger partial charge on any atom is 0.251 e. The molecule has 2 saturated heterocycles. The van der Waals surface area contributed by atoms with Crippen LogP contribution in [0.3, 0.4) is 0 Å². The van der Waals surface area contributed by atoms with Crippen LogP contribution in [0.15, 0.2) is 134 Å². The van der Waals surface area contributed by atoms with Gasteiger partial charge in [-0.05, 0) is 120 Å². The van der Waals surface area contributed by atoms with E-state index in [2.05, 4.69) is 37.0 Å². The largest absolute Gasteiger partial charge is 0.493 e. The Bertz CT molecular complexity index is 3560. The Labute approximate surface area is 448 Å². The third kappa shape index (κ3) is 10.5. The van der Waals surface area contributed by atoms with E-state index in [9.17, 15) is 9.59 Å². The van der Waals surface area contributed by atoms with Crippen molar-refractivity contribution < 1.29 is 42.7 Å². The van der Waals surface area contributed by atoms with Gasteiger partial charge >= 0.3 is 0 Å². The molecule has 0 bridgehead atoms. The van der Waals surface area contributed by atoms with Crippen molar-refractivity contribution in [1.29, 1.82) is 0 Å². The lowest BCUT2D eigenvalue weighted by molar-refractivity contribution is 0.0693. The molecule has 15 heteroatoms. The van der Waals surface area contributed by atoms with E-state index in [1.54, 1.807) is 40.7 Å². The van der Waals surface area contributed by atoms with Gasteiger partial charge in [0.25, 0.3) is 11.8 Å². The summed E-state index contributed by atoms with van der Waals surface area (Å²) >= 11 is 0. The van der Waals surface area contributed by atoms with Crippen molar-refractivity contribution in [3.63, 3.8) is 0 Å². The lowest BCUT2D eigenvalue weighted by Crippen LogP contribution is -2.27. The van der Waals surface area contributed by atoms with Gasteiger partial charge in [0.05, 0.1) is 31.4 Å². The molecule has 4 fully saturated rings. The lowest BCUT2D eigenvalue weighted by atomic mass is 10.0. The molecule has 6 aromatic carbocycles. The smallest absolute Gasteiger partial charge is 0.251 e. The van der Waals surface area contributed by atoms with E-state index in [4.69, 9.17) is 33.2 Å². The fraction of sp³-hybridized carbons (Fsp3) is 0.323. The van der Waals surface area contributed by atoms with Crippen LogP contribution in [-0.4, -0.2) is 126 Å². The summed E-state index contributed by atoms with van der Waals surface area (Å²) < 4.78 is 42.0. The number of nitrogens with zero attached hydrogens (tertiary/aromatic N) is 4. The number of methoxy groups -OCH3 is 3. The summed E-state index contributed by atoms with van der Waals surface area (Å²) in [6.45, 7) is 11.2. The number of hydrogen-bond donors (Lipinski definition) is 2. The number of carbonyl (C=O) groups excluding carboxylic acids is 2. The first-order valence-corrected chi connectivity index (χ1v) is 26.2. The molecule has 2 aliphatic heterocycles. The first-order chi connectivity index (χ1) is 37.5. The molecule has 15 nitrogen and oxygen atoms in total. The topological polar surface area (TPSA) is 155 Å². The first kappa shape index (κ1) is 51.1. The predicted octanol–water partition coefficient (Wildman–Crippen LogP) is 10.6. The number of likely N-dealkylation sites (tertiary alicyclic amines) is 2. The van der Waals surface area contributed by atoms with E-state index >= 15 is 0 Å². The van der Waals surface area contributed by atoms with Crippen molar-refractivity contribution >= 4 is 55.2 Å². The van der Waals surface area contributed by atoms with Crippen LogP contribution in [0.1, 0.15) is 46.4 Å². The van der Waals surface area contributed by atoms with Crippen molar-refractivity contribution in [3.8, 4) is 46.0 Å². The highest BCUT2D eigenvalue weighted by molar-refractivity contribution is 6.08. The van der Waals surface area contributed by atoms with Gasteiger partial charge in [-0.3, -0.25) is 29.4 Å². The number of ether oxygens (including phenoxy) is 7. The summed E-state index contributed by atoms with van der Waals surface area (Å²) in [6.07, 6.45) is 8.84. The molecular weight excluding hydrogens is 973 g/mol. The van der Waals surface area contributed by atoms with E-state index < -0.39 is 0 Å². The van der Waals surface area contributed by atoms with E-state index in [0.717, 1.165) is 82.6 Å². The van der Waals surface area contributed by atoms with E-state index in [-0.39, 0.29) is 11.8 Å². The number of hydrogen-bond acceptors (Lipinski definition) is 13. The minimum absolute atomic E-state index is 0.118. The molecule has 4 aliphatic rings. The van der Waals surface area contributed by atoms with Crippen LogP contribution in [-0.2, 0) is 4.74 Å². The Kier molecular flexibility index (Phi) is 14.3.